The van der Waals surface area contributed by atoms with Crippen LogP contribution in [0.1, 0.15) is 26.7 Å². The predicted octanol–water partition coefficient (Wildman–Crippen LogP) is 2.00. The molecule has 0 spiro atoms. The normalized spacial score (nSPS) is 9.92. The third-order valence-electron chi connectivity index (χ3n) is 1.70. The van der Waals surface area contributed by atoms with Crippen molar-refractivity contribution in [2.45, 2.75) is 26.7 Å². The van der Waals surface area contributed by atoms with Crippen LogP contribution in [0.4, 0.5) is 0 Å². The van der Waals surface area contributed by atoms with Crippen molar-refractivity contribution in [1.29, 1.82) is 0 Å². The Morgan fingerprint density at radius 2 is 2.08 bits per heavy atom. The van der Waals surface area contributed by atoms with E-state index in [1.165, 1.54) is 0 Å². The Balaban J connectivity index is 3.47. The molecule has 12 heavy (non-hydrogen) atoms. The zero-order valence-electron chi connectivity index (χ0n) is 8.30. The van der Waals surface area contributed by atoms with Gasteiger partial charge in [-0.1, -0.05) is 20.3 Å². The number of hydrogen-bond acceptors (Lipinski definition) is 2. The summed E-state index contributed by atoms with van der Waals surface area (Å²) in [6, 6.07) is 0. The molecule has 0 aromatic rings. The van der Waals surface area contributed by atoms with Gasteiger partial charge in [-0.15, -0.1) is 0 Å². The van der Waals surface area contributed by atoms with Gasteiger partial charge in [-0.05, 0) is 12.2 Å². The first-order chi connectivity index (χ1) is 5.72. The summed E-state index contributed by atoms with van der Waals surface area (Å²) in [5, 5.41) is 0. The molecule has 0 aromatic carbocycles. The first-order valence-electron chi connectivity index (χ1n) is 4.54. The molecule has 0 N–H and O–H groups in total. The Labute approximate surface area is 79.7 Å². The van der Waals surface area contributed by atoms with Gasteiger partial charge in [0.25, 0.3) is 0 Å². The minimum absolute atomic E-state index is 0.260. The largest absolute Gasteiger partial charge is 0.345 e. The van der Waals surface area contributed by atoms with Crippen LogP contribution in [0.5, 0.6) is 0 Å². The number of rotatable bonds is 6. The van der Waals surface area contributed by atoms with Gasteiger partial charge in [0.1, 0.15) is 0 Å². The highest BCUT2D eigenvalue weighted by atomic mass is 32.2. The second kappa shape index (κ2) is 7.47. The molecule has 1 amide bonds. The molecular weight excluding hydrogens is 170 g/mol. The fourth-order valence-corrected chi connectivity index (χ4v) is 1.42. The maximum atomic E-state index is 11.3. The van der Waals surface area contributed by atoms with Crippen molar-refractivity contribution in [3.05, 3.63) is 0 Å². The fraction of sp³-hybridized carbons (Fsp3) is 0.889. The first kappa shape index (κ1) is 11.8. The van der Waals surface area contributed by atoms with Crippen LogP contribution in [0, 0.1) is 0 Å². The lowest BCUT2D eigenvalue weighted by molar-refractivity contribution is -0.127. The van der Waals surface area contributed by atoms with Crippen molar-refractivity contribution in [2.24, 2.45) is 0 Å². The van der Waals surface area contributed by atoms with E-state index in [1.807, 2.05) is 11.9 Å². The molecule has 0 aliphatic carbocycles. The maximum Gasteiger partial charge on any atom is 0.232 e. The molecule has 0 unspecified atom stereocenters. The summed E-state index contributed by atoms with van der Waals surface area (Å²) in [5.74, 6) is 1.92. The highest BCUT2D eigenvalue weighted by Crippen LogP contribution is 2.01. The molecule has 0 heterocycles. The van der Waals surface area contributed by atoms with E-state index in [9.17, 15) is 4.79 Å². The number of thioether (sulfide) groups is 1. The van der Waals surface area contributed by atoms with Crippen molar-refractivity contribution in [3.8, 4) is 0 Å². The molecule has 3 heteroatoms. The molecule has 0 aliphatic rings. The van der Waals surface area contributed by atoms with Gasteiger partial charge in [-0.2, -0.15) is 11.8 Å². The molecule has 0 rings (SSSR count). The van der Waals surface area contributed by atoms with Crippen LogP contribution < -0.4 is 0 Å². The summed E-state index contributed by atoms with van der Waals surface area (Å²) in [6.45, 7) is 5.11. The van der Waals surface area contributed by atoms with Crippen LogP contribution in [0.25, 0.3) is 0 Å². The minimum Gasteiger partial charge on any atom is -0.345 e. The number of nitrogens with zero attached hydrogens (tertiary/aromatic N) is 1. The van der Waals surface area contributed by atoms with E-state index < -0.39 is 0 Å². The third kappa shape index (κ3) is 5.47. The zero-order valence-corrected chi connectivity index (χ0v) is 9.12. The summed E-state index contributed by atoms with van der Waals surface area (Å²) in [5.41, 5.74) is 0. The molecule has 0 aliphatic heterocycles. The molecular formula is C9H19NOS. The fourth-order valence-electron chi connectivity index (χ4n) is 0.820. The number of unbranched alkanes of at least 4 members (excludes halogenated alkanes) is 1. The van der Waals surface area contributed by atoms with Crippen LogP contribution in [0.2, 0.25) is 0 Å². The summed E-state index contributed by atoms with van der Waals surface area (Å²) >= 11 is 1.69. The van der Waals surface area contributed by atoms with E-state index in [4.69, 9.17) is 0 Å². The van der Waals surface area contributed by atoms with Crippen LogP contribution in [0.3, 0.4) is 0 Å². The topological polar surface area (TPSA) is 20.3 Å². The average molecular weight is 189 g/mol. The summed E-state index contributed by atoms with van der Waals surface area (Å²) < 4.78 is 0. The van der Waals surface area contributed by atoms with Gasteiger partial charge in [-0.3, -0.25) is 4.79 Å². The second-order valence-corrected chi connectivity index (χ2v) is 4.08. The quantitative estimate of drug-likeness (QED) is 0.637. The van der Waals surface area contributed by atoms with E-state index in [-0.39, 0.29) is 5.91 Å². The van der Waals surface area contributed by atoms with Gasteiger partial charge in [-0.25, -0.2) is 0 Å². The van der Waals surface area contributed by atoms with Crippen LogP contribution in [0.15, 0.2) is 0 Å². The average Bonchev–Trinajstić information content (AvgIpc) is 2.10. The van der Waals surface area contributed by atoms with Crippen molar-refractivity contribution in [3.63, 3.8) is 0 Å². The summed E-state index contributed by atoms with van der Waals surface area (Å²) in [6.07, 6.45) is 2.26. The van der Waals surface area contributed by atoms with E-state index >= 15 is 0 Å². The molecule has 0 radical (unpaired) electrons. The minimum atomic E-state index is 0.260. The number of carbonyl (C=O) groups excluding carboxylic acids is 1. The van der Waals surface area contributed by atoms with Gasteiger partial charge in [0, 0.05) is 13.6 Å². The lowest BCUT2D eigenvalue weighted by Crippen LogP contribution is -2.29. The zero-order chi connectivity index (χ0) is 9.40. The van der Waals surface area contributed by atoms with Crippen molar-refractivity contribution < 1.29 is 4.79 Å². The highest BCUT2D eigenvalue weighted by Gasteiger charge is 2.06. The summed E-state index contributed by atoms with van der Waals surface area (Å²) in [7, 11) is 1.88. The molecule has 72 valence electrons. The molecule has 0 atom stereocenters. The van der Waals surface area contributed by atoms with Crippen molar-refractivity contribution in [1.82, 2.24) is 4.90 Å². The van der Waals surface area contributed by atoms with Gasteiger partial charge >= 0.3 is 0 Å². The van der Waals surface area contributed by atoms with Crippen LogP contribution in [-0.2, 0) is 4.79 Å². The number of amides is 1. The molecule has 0 saturated heterocycles. The van der Waals surface area contributed by atoms with E-state index in [0.29, 0.717) is 5.75 Å². The van der Waals surface area contributed by atoms with E-state index in [1.54, 1.807) is 11.8 Å². The molecule has 0 aromatic heterocycles. The van der Waals surface area contributed by atoms with Crippen LogP contribution in [-0.4, -0.2) is 35.9 Å². The smallest absolute Gasteiger partial charge is 0.232 e. The van der Waals surface area contributed by atoms with Crippen molar-refractivity contribution in [2.75, 3.05) is 25.1 Å². The highest BCUT2D eigenvalue weighted by molar-refractivity contribution is 7.99. The van der Waals surface area contributed by atoms with Crippen molar-refractivity contribution >= 4 is 17.7 Å². The maximum absolute atomic E-state index is 11.3. The van der Waals surface area contributed by atoms with Crippen LogP contribution >= 0.6 is 11.8 Å². The molecule has 0 fully saturated rings. The SMILES string of the molecule is CCCCN(C)C(=O)CSCC. The Morgan fingerprint density at radius 3 is 2.58 bits per heavy atom. The van der Waals surface area contributed by atoms with Gasteiger partial charge in [0.2, 0.25) is 5.91 Å². The van der Waals surface area contributed by atoms with Gasteiger partial charge < -0.3 is 4.90 Å². The van der Waals surface area contributed by atoms with E-state index in [2.05, 4.69) is 13.8 Å². The molecule has 2 nitrogen and oxygen atoms in total. The Morgan fingerprint density at radius 1 is 1.42 bits per heavy atom. The second-order valence-electron chi connectivity index (χ2n) is 2.81. The molecule has 0 saturated carbocycles. The molecule has 0 bridgehead atoms. The Kier molecular flexibility index (Phi) is 7.36. The first-order valence-corrected chi connectivity index (χ1v) is 5.69. The van der Waals surface area contributed by atoms with Gasteiger partial charge in [0.05, 0.1) is 5.75 Å². The van der Waals surface area contributed by atoms with Gasteiger partial charge in [0.15, 0.2) is 0 Å². The predicted molar refractivity (Wildman–Crippen MR) is 55.5 cm³/mol. The number of hydrogen-bond donors (Lipinski definition) is 0. The lowest BCUT2D eigenvalue weighted by Gasteiger charge is -2.15. The standard InChI is InChI=1S/C9H19NOS/c1-4-6-7-10(3)9(11)8-12-5-2/h4-8H2,1-3H3. The third-order valence-corrected chi connectivity index (χ3v) is 2.56. The Bertz CT molecular complexity index is 128. The number of carbonyl (C=O) groups is 1. The lowest BCUT2D eigenvalue weighted by atomic mass is 10.3. The summed E-state index contributed by atoms with van der Waals surface area (Å²) in [4.78, 5) is 13.1. The Hall–Kier alpha value is -0.180. The monoisotopic (exact) mass is 189 g/mol. The van der Waals surface area contributed by atoms with E-state index in [0.717, 1.165) is 25.1 Å².